The van der Waals surface area contributed by atoms with E-state index in [1.54, 1.807) is 0 Å². The van der Waals surface area contributed by atoms with Gasteiger partial charge < -0.3 is 31.9 Å². The van der Waals surface area contributed by atoms with Crippen molar-refractivity contribution in [2.75, 3.05) is 0 Å². The fraction of sp³-hybridized carbons (Fsp3) is 0.200. The van der Waals surface area contributed by atoms with Crippen LogP contribution in [-0.4, -0.2) is 11.9 Å². The van der Waals surface area contributed by atoms with Crippen molar-refractivity contribution in [3.63, 3.8) is 0 Å². The maximum absolute atomic E-state index is 8.89. The van der Waals surface area contributed by atoms with Crippen molar-refractivity contribution in [1.29, 1.82) is 0 Å². The number of benzene rings is 1. The number of hydrogen-bond donors (Lipinski definition) is 0. The number of carboxylic acids is 2. The summed E-state index contributed by atoms with van der Waals surface area (Å²) < 4.78 is 0. The Bertz CT molecular complexity index is 206. The van der Waals surface area contributed by atoms with Crippen molar-refractivity contribution in [3.8, 4) is 0 Å². The van der Waals surface area contributed by atoms with Crippen LogP contribution in [0.25, 0.3) is 0 Å². The first-order valence-corrected chi connectivity index (χ1v) is 3.64. The van der Waals surface area contributed by atoms with Crippen LogP contribution in [0.5, 0.6) is 0 Å². The van der Waals surface area contributed by atoms with Gasteiger partial charge >= 0.3 is 34.1 Å². The monoisotopic (exact) mass is 320 g/mol. The van der Waals surface area contributed by atoms with Gasteiger partial charge in [0.15, 0.2) is 0 Å². The Morgan fingerprint density at radius 1 is 0.812 bits per heavy atom. The van der Waals surface area contributed by atoms with E-state index in [9.17, 15) is 0 Å². The molecule has 0 atom stereocenters. The quantitative estimate of drug-likeness (QED) is 0.444. The van der Waals surface area contributed by atoms with Gasteiger partial charge in [-0.05, 0) is 13.8 Å². The predicted octanol–water partition coefficient (Wildman–Crippen LogP) is -1.21. The third-order valence-corrected chi connectivity index (χ3v) is 0.552. The van der Waals surface area contributed by atoms with E-state index in [0.29, 0.717) is 0 Å². The Hall–Kier alpha value is -0.801. The van der Waals surface area contributed by atoms with Crippen LogP contribution in [0.2, 0.25) is 0 Å². The second-order valence-corrected chi connectivity index (χ2v) is 1.98. The summed E-state index contributed by atoms with van der Waals surface area (Å²) in [6, 6.07) is 13.0. The van der Waals surface area contributed by atoms with Crippen LogP contribution in [0, 0.1) is 12.1 Å². The standard InChI is InChI=1S/C6H4.2C2H4O2.2Cu/c1-2-4-6-5-3-1;2*1-2(3)4;;/h1-2,5-6H;2*1H3,(H,3,4);;/q-2;;;2*+2/p-2. The van der Waals surface area contributed by atoms with Crippen molar-refractivity contribution in [1.82, 2.24) is 0 Å². The molecule has 1 aromatic carbocycles. The Morgan fingerprint density at radius 2 is 0.938 bits per heavy atom. The molecule has 0 heterocycles. The normalized spacial score (nSPS) is 6.12. The molecule has 4 nitrogen and oxygen atoms in total. The van der Waals surface area contributed by atoms with Crippen molar-refractivity contribution >= 4 is 11.9 Å². The molecule has 0 N–H and O–H groups in total. The molecule has 2 radical (unpaired) electrons. The Labute approximate surface area is 116 Å². The van der Waals surface area contributed by atoms with Gasteiger partial charge in [0, 0.05) is 11.9 Å². The number of hydrogen-bond acceptors (Lipinski definition) is 4. The smallest absolute Gasteiger partial charge is 0.550 e. The van der Waals surface area contributed by atoms with Gasteiger partial charge in [-0.3, -0.25) is 24.3 Å². The molecular weight excluding hydrogens is 311 g/mol. The fourth-order valence-electron chi connectivity index (χ4n) is 0.304. The first kappa shape index (κ1) is 24.4. The number of carbonyl (C=O) groups is 2. The fourth-order valence-corrected chi connectivity index (χ4v) is 0.304. The van der Waals surface area contributed by atoms with Crippen molar-refractivity contribution < 1.29 is 53.9 Å². The third-order valence-electron chi connectivity index (χ3n) is 0.552. The largest absolute Gasteiger partial charge is 2.00 e. The minimum absolute atomic E-state index is 0. The molecule has 0 aliphatic carbocycles. The molecule has 1 rings (SSSR count). The van der Waals surface area contributed by atoms with E-state index in [2.05, 4.69) is 12.1 Å². The summed E-state index contributed by atoms with van der Waals surface area (Å²) in [6.07, 6.45) is 0. The molecule has 0 amide bonds. The van der Waals surface area contributed by atoms with Crippen LogP contribution in [-0.2, 0) is 43.7 Å². The molecule has 0 saturated heterocycles. The first-order valence-electron chi connectivity index (χ1n) is 3.64. The number of carbonyl (C=O) groups excluding carboxylic acids is 2. The zero-order valence-corrected chi connectivity index (χ0v) is 10.4. The van der Waals surface area contributed by atoms with E-state index in [-0.39, 0.29) is 34.1 Å². The van der Waals surface area contributed by atoms with Gasteiger partial charge in [0.1, 0.15) is 0 Å². The van der Waals surface area contributed by atoms with Gasteiger partial charge in [0.25, 0.3) is 0 Å². The maximum Gasteiger partial charge on any atom is 2.00 e. The van der Waals surface area contributed by atoms with E-state index < -0.39 is 11.9 Å². The Morgan fingerprint density at radius 3 is 1.00 bits per heavy atom. The summed E-state index contributed by atoms with van der Waals surface area (Å²) in [4.78, 5) is 17.8. The molecule has 0 unspecified atom stereocenters. The van der Waals surface area contributed by atoms with Crippen LogP contribution in [0.4, 0.5) is 0 Å². The predicted molar refractivity (Wildman–Crippen MR) is 45.5 cm³/mol. The summed E-state index contributed by atoms with van der Waals surface area (Å²) in [5.41, 5.74) is 0. The minimum Gasteiger partial charge on any atom is -0.550 e. The SMILES string of the molecule is CC(=O)[O-].CC(=O)[O-].[Cu+2].[Cu+2].[c-]1cc[c-]cc1. The molecule has 0 bridgehead atoms. The topological polar surface area (TPSA) is 80.3 Å². The average molecular weight is 321 g/mol. The van der Waals surface area contributed by atoms with Crippen molar-refractivity contribution in [2.24, 2.45) is 0 Å². The van der Waals surface area contributed by atoms with Gasteiger partial charge in [-0.2, -0.15) is 0 Å². The van der Waals surface area contributed by atoms with E-state index in [0.717, 1.165) is 13.8 Å². The second kappa shape index (κ2) is 19.7. The van der Waals surface area contributed by atoms with Gasteiger partial charge in [-0.15, -0.1) is 0 Å². The number of rotatable bonds is 0. The van der Waals surface area contributed by atoms with Crippen LogP contribution >= 0.6 is 0 Å². The van der Waals surface area contributed by atoms with Crippen LogP contribution in [0.15, 0.2) is 24.3 Å². The molecule has 1 aromatic rings. The van der Waals surface area contributed by atoms with Crippen LogP contribution in [0.3, 0.4) is 0 Å². The van der Waals surface area contributed by atoms with Crippen molar-refractivity contribution in [2.45, 2.75) is 13.8 Å². The molecule has 0 spiro atoms. The van der Waals surface area contributed by atoms with E-state index in [1.165, 1.54) is 0 Å². The Kier molecular flexibility index (Phi) is 30.1. The van der Waals surface area contributed by atoms with Gasteiger partial charge in [0.2, 0.25) is 0 Å². The van der Waals surface area contributed by atoms with Gasteiger partial charge in [0.05, 0.1) is 0 Å². The molecule has 0 aromatic heterocycles. The van der Waals surface area contributed by atoms with Crippen LogP contribution < -0.4 is 10.2 Å². The summed E-state index contributed by atoms with van der Waals surface area (Å²) in [6.45, 7) is 1.94. The zero-order chi connectivity index (χ0) is 11.4. The van der Waals surface area contributed by atoms with E-state index in [1.807, 2.05) is 24.3 Å². The molecule has 96 valence electrons. The molecule has 0 aliphatic rings. The maximum atomic E-state index is 8.89. The Balaban J connectivity index is -0.0000000660. The first-order chi connectivity index (χ1) is 6.46. The van der Waals surface area contributed by atoms with Gasteiger partial charge in [-0.1, -0.05) is 0 Å². The number of carboxylic acid groups (broad SMARTS) is 2. The summed E-state index contributed by atoms with van der Waals surface area (Å²) in [5.74, 6) is -2.17. The zero-order valence-electron chi connectivity index (χ0n) is 8.55. The number of aliphatic carboxylic acids is 2. The van der Waals surface area contributed by atoms with Crippen molar-refractivity contribution in [3.05, 3.63) is 36.4 Å². The molecule has 0 fully saturated rings. The second-order valence-electron chi connectivity index (χ2n) is 1.98. The summed E-state index contributed by atoms with van der Waals surface area (Å²) in [7, 11) is 0. The molecule has 0 aliphatic heterocycles. The van der Waals surface area contributed by atoms with Crippen LogP contribution in [0.1, 0.15) is 13.8 Å². The minimum atomic E-state index is -1.08. The van der Waals surface area contributed by atoms with Gasteiger partial charge in [-0.25, -0.2) is 0 Å². The third kappa shape index (κ3) is 72.7. The summed E-state index contributed by atoms with van der Waals surface area (Å²) >= 11 is 0. The molecule has 16 heavy (non-hydrogen) atoms. The molecule has 6 heteroatoms. The average Bonchev–Trinajstić information content (AvgIpc) is 2.05. The summed E-state index contributed by atoms with van der Waals surface area (Å²) in [5, 5.41) is 17.8. The molecular formula is C10H10Cu2O4. The van der Waals surface area contributed by atoms with E-state index >= 15 is 0 Å². The molecule has 0 saturated carbocycles. The van der Waals surface area contributed by atoms with E-state index in [4.69, 9.17) is 19.8 Å².